The van der Waals surface area contributed by atoms with Crippen LogP contribution in [-0.4, -0.2) is 23.5 Å². The van der Waals surface area contributed by atoms with Gasteiger partial charge in [-0.2, -0.15) is 4.98 Å². The Labute approximate surface area is 138 Å². The summed E-state index contributed by atoms with van der Waals surface area (Å²) in [6.45, 7) is 3.20. The molecule has 0 N–H and O–H groups in total. The van der Waals surface area contributed by atoms with Crippen molar-refractivity contribution >= 4 is 21.2 Å². The summed E-state index contributed by atoms with van der Waals surface area (Å²) < 4.78 is 30.0. The molecule has 6 nitrogen and oxygen atoms in total. The zero-order chi connectivity index (χ0) is 16.4. The highest BCUT2D eigenvalue weighted by Crippen LogP contribution is 2.27. The van der Waals surface area contributed by atoms with Gasteiger partial charge in [-0.25, -0.2) is 13.4 Å². The highest BCUT2D eigenvalue weighted by atomic mass is 32.2. The standard InChI is InChI=1S/C15H15N3O3S2/c1-10(14-16-11(2)18-21-14)23(19,20)9-13-8-22-15(17-13)12-6-4-3-5-7-12/h3-8,10H,9H2,1-2H3. The summed E-state index contributed by atoms with van der Waals surface area (Å²) in [6.07, 6.45) is 0. The predicted molar refractivity (Wildman–Crippen MR) is 87.6 cm³/mol. The van der Waals surface area contributed by atoms with E-state index in [1.807, 2.05) is 30.3 Å². The summed E-state index contributed by atoms with van der Waals surface area (Å²) in [7, 11) is -3.47. The molecule has 0 aliphatic carbocycles. The van der Waals surface area contributed by atoms with Crippen molar-refractivity contribution in [1.29, 1.82) is 0 Å². The van der Waals surface area contributed by atoms with Gasteiger partial charge in [-0.15, -0.1) is 11.3 Å². The van der Waals surface area contributed by atoms with Crippen molar-refractivity contribution in [3.8, 4) is 10.6 Å². The molecule has 0 amide bonds. The van der Waals surface area contributed by atoms with Gasteiger partial charge in [0.15, 0.2) is 15.7 Å². The summed E-state index contributed by atoms with van der Waals surface area (Å²) in [5.41, 5.74) is 1.50. The van der Waals surface area contributed by atoms with E-state index >= 15 is 0 Å². The molecule has 3 rings (SSSR count). The molecule has 0 spiro atoms. The van der Waals surface area contributed by atoms with Gasteiger partial charge in [0.25, 0.3) is 0 Å². The van der Waals surface area contributed by atoms with Crippen LogP contribution in [-0.2, 0) is 15.6 Å². The lowest BCUT2D eigenvalue weighted by Gasteiger charge is -2.07. The molecule has 3 aromatic rings. The summed E-state index contributed by atoms with van der Waals surface area (Å²) in [5, 5.41) is 5.35. The summed E-state index contributed by atoms with van der Waals surface area (Å²) >= 11 is 1.43. The minimum atomic E-state index is -3.47. The van der Waals surface area contributed by atoms with Crippen LogP contribution in [0.4, 0.5) is 0 Å². The van der Waals surface area contributed by atoms with Crippen LogP contribution in [0.5, 0.6) is 0 Å². The first-order valence-electron chi connectivity index (χ1n) is 6.97. The van der Waals surface area contributed by atoms with Crippen LogP contribution < -0.4 is 0 Å². The zero-order valence-electron chi connectivity index (χ0n) is 12.6. The van der Waals surface area contributed by atoms with Crippen molar-refractivity contribution in [2.45, 2.75) is 24.9 Å². The molecule has 0 radical (unpaired) electrons. The summed E-state index contributed by atoms with van der Waals surface area (Å²) in [6, 6.07) is 9.67. The SMILES string of the molecule is Cc1noc(C(C)S(=O)(=O)Cc2csc(-c3ccccc3)n2)n1. The fourth-order valence-electron chi connectivity index (χ4n) is 2.05. The number of hydrogen-bond donors (Lipinski definition) is 0. The molecule has 0 saturated heterocycles. The molecule has 2 heterocycles. The van der Waals surface area contributed by atoms with E-state index < -0.39 is 15.1 Å². The second-order valence-corrected chi connectivity index (χ2v) is 8.32. The van der Waals surface area contributed by atoms with Crippen LogP contribution in [0.25, 0.3) is 10.6 Å². The third kappa shape index (κ3) is 3.48. The maximum Gasteiger partial charge on any atom is 0.244 e. The topological polar surface area (TPSA) is 86.0 Å². The van der Waals surface area contributed by atoms with E-state index in [4.69, 9.17) is 4.52 Å². The van der Waals surface area contributed by atoms with E-state index in [2.05, 4.69) is 15.1 Å². The third-order valence-electron chi connectivity index (χ3n) is 3.35. The molecule has 8 heteroatoms. The van der Waals surface area contributed by atoms with E-state index in [1.54, 1.807) is 19.2 Å². The molecule has 120 valence electrons. The van der Waals surface area contributed by atoms with Crippen LogP contribution in [0.1, 0.15) is 29.6 Å². The van der Waals surface area contributed by atoms with E-state index in [9.17, 15) is 8.42 Å². The number of benzene rings is 1. The Morgan fingerprint density at radius 2 is 1.96 bits per heavy atom. The molecule has 1 atom stereocenters. The van der Waals surface area contributed by atoms with E-state index in [1.165, 1.54) is 11.3 Å². The molecule has 0 fully saturated rings. The van der Waals surface area contributed by atoms with Crippen LogP contribution >= 0.6 is 11.3 Å². The predicted octanol–water partition coefficient (Wildman–Crippen LogP) is 3.18. The van der Waals surface area contributed by atoms with Gasteiger partial charge in [0.2, 0.25) is 5.89 Å². The largest absolute Gasteiger partial charge is 0.338 e. The number of aromatic nitrogens is 3. The van der Waals surface area contributed by atoms with Crippen molar-refractivity contribution in [1.82, 2.24) is 15.1 Å². The summed E-state index contributed by atoms with van der Waals surface area (Å²) in [5.74, 6) is 0.377. The van der Waals surface area contributed by atoms with E-state index in [0.29, 0.717) is 11.5 Å². The fourth-order valence-corrected chi connectivity index (χ4v) is 4.19. The average molecular weight is 349 g/mol. The molecule has 0 aliphatic heterocycles. The monoisotopic (exact) mass is 349 g/mol. The molecule has 0 aliphatic rings. The van der Waals surface area contributed by atoms with Crippen LogP contribution in [0.15, 0.2) is 40.2 Å². The lowest BCUT2D eigenvalue weighted by Crippen LogP contribution is -2.13. The van der Waals surface area contributed by atoms with Crippen molar-refractivity contribution in [2.24, 2.45) is 0 Å². The number of thiazole rings is 1. The Bertz CT molecular complexity index is 901. The van der Waals surface area contributed by atoms with Crippen LogP contribution in [0.3, 0.4) is 0 Å². The number of rotatable bonds is 5. The smallest absolute Gasteiger partial charge is 0.244 e. The molecule has 1 aromatic carbocycles. The minimum Gasteiger partial charge on any atom is -0.338 e. The highest BCUT2D eigenvalue weighted by Gasteiger charge is 2.28. The highest BCUT2D eigenvalue weighted by molar-refractivity contribution is 7.90. The Kier molecular flexibility index (Phi) is 4.27. The van der Waals surface area contributed by atoms with E-state index in [-0.39, 0.29) is 11.6 Å². The number of hydrogen-bond acceptors (Lipinski definition) is 7. The Hall–Kier alpha value is -2.06. The molecule has 0 saturated carbocycles. The van der Waals surface area contributed by atoms with Gasteiger partial charge >= 0.3 is 0 Å². The Morgan fingerprint density at radius 3 is 2.61 bits per heavy atom. The molecule has 0 bridgehead atoms. The quantitative estimate of drug-likeness (QED) is 0.703. The van der Waals surface area contributed by atoms with E-state index in [0.717, 1.165) is 10.6 Å². The lowest BCUT2D eigenvalue weighted by atomic mass is 10.2. The average Bonchev–Trinajstić information content (AvgIpc) is 3.16. The van der Waals surface area contributed by atoms with Gasteiger partial charge in [-0.05, 0) is 13.8 Å². The van der Waals surface area contributed by atoms with Crippen molar-refractivity contribution < 1.29 is 12.9 Å². The fraction of sp³-hybridized carbons (Fsp3) is 0.267. The number of sulfone groups is 1. The summed E-state index contributed by atoms with van der Waals surface area (Å²) in [4.78, 5) is 8.42. The molecule has 23 heavy (non-hydrogen) atoms. The Balaban J connectivity index is 1.80. The van der Waals surface area contributed by atoms with Crippen LogP contribution in [0.2, 0.25) is 0 Å². The van der Waals surface area contributed by atoms with Gasteiger partial charge < -0.3 is 4.52 Å². The first-order chi connectivity index (χ1) is 11.0. The molecular formula is C15H15N3O3S2. The maximum atomic E-state index is 12.5. The second-order valence-electron chi connectivity index (χ2n) is 5.14. The van der Waals surface area contributed by atoms with Gasteiger partial charge in [0.1, 0.15) is 10.3 Å². The Morgan fingerprint density at radius 1 is 1.22 bits per heavy atom. The first-order valence-corrected chi connectivity index (χ1v) is 9.57. The number of aryl methyl sites for hydroxylation is 1. The minimum absolute atomic E-state index is 0.112. The normalized spacial score (nSPS) is 13.1. The lowest BCUT2D eigenvalue weighted by molar-refractivity contribution is 0.373. The van der Waals surface area contributed by atoms with Crippen molar-refractivity contribution in [2.75, 3.05) is 0 Å². The first kappa shape index (κ1) is 15.8. The molecule has 2 aromatic heterocycles. The second kappa shape index (κ2) is 6.21. The van der Waals surface area contributed by atoms with Crippen LogP contribution in [0, 0.1) is 6.92 Å². The molecular weight excluding hydrogens is 334 g/mol. The number of nitrogens with zero attached hydrogens (tertiary/aromatic N) is 3. The molecule has 1 unspecified atom stereocenters. The third-order valence-corrected chi connectivity index (χ3v) is 6.27. The van der Waals surface area contributed by atoms with Gasteiger partial charge in [0, 0.05) is 10.9 Å². The van der Waals surface area contributed by atoms with Crippen molar-refractivity contribution in [3.63, 3.8) is 0 Å². The maximum absolute atomic E-state index is 12.5. The van der Waals surface area contributed by atoms with Gasteiger partial charge in [0.05, 0.1) is 11.4 Å². The zero-order valence-corrected chi connectivity index (χ0v) is 14.3. The van der Waals surface area contributed by atoms with Gasteiger partial charge in [-0.3, -0.25) is 0 Å². The van der Waals surface area contributed by atoms with Gasteiger partial charge in [-0.1, -0.05) is 35.5 Å². The van der Waals surface area contributed by atoms with Crippen molar-refractivity contribution in [3.05, 3.63) is 53.1 Å².